The Morgan fingerprint density at radius 1 is 1.07 bits per heavy atom. The summed E-state index contributed by atoms with van der Waals surface area (Å²) >= 11 is 0. The van der Waals surface area contributed by atoms with Crippen LogP contribution < -0.4 is 14.5 Å². The lowest BCUT2D eigenvalue weighted by atomic mass is 10.00. The van der Waals surface area contributed by atoms with E-state index in [4.69, 9.17) is 4.74 Å². The number of hydrogen-bond donors (Lipinski definition) is 2. The molecule has 1 aromatic carbocycles. The summed E-state index contributed by atoms with van der Waals surface area (Å²) in [7, 11) is 1.77. The summed E-state index contributed by atoms with van der Waals surface area (Å²) in [5.74, 6) is 1.97. The van der Waals surface area contributed by atoms with E-state index in [0.29, 0.717) is 6.04 Å². The van der Waals surface area contributed by atoms with E-state index >= 15 is 0 Å². The van der Waals surface area contributed by atoms with Crippen LogP contribution in [0.15, 0.2) is 24.3 Å². The molecule has 3 heterocycles. The second-order valence-electron chi connectivity index (χ2n) is 8.70. The topological polar surface area (TPSA) is 61.7 Å². The average Bonchev–Trinajstić information content (AvgIpc) is 3.49. The van der Waals surface area contributed by atoms with Crippen LogP contribution in [0.2, 0.25) is 0 Å². The van der Waals surface area contributed by atoms with Crippen molar-refractivity contribution < 1.29 is 14.5 Å². The molecule has 5 rings (SSSR count). The first kappa shape index (κ1) is 18.1. The number of nitrogens with zero attached hydrogens (tertiary/aromatic N) is 4. The molecule has 0 spiro atoms. The fraction of sp³-hybridized carbons (Fsp3) is 0.667. The van der Waals surface area contributed by atoms with E-state index in [1.807, 2.05) is 6.07 Å². The van der Waals surface area contributed by atoms with Gasteiger partial charge in [-0.05, 0) is 35.4 Å². The zero-order valence-corrected chi connectivity index (χ0v) is 16.8. The molecule has 3 fully saturated rings. The quantitative estimate of drug-likeness (QED) is 0.752. The summed E-state index contributed by atoms with van der Waals surface area (Å²) in [6, 6.07) is 9.80. The number of aromatic nitrogens is 4. The van der Waals surface area contributed by atoms with E-state index < -0.39 is 0 Å². The Hall–Kier alpha value is -1.99. The lowest BCUT2D eigenvalue weighted by Crippen LogP contribution is -3.29. The molecule has 28 heavy (non-hydrogen) atoms. The molecule has 7 heteroatoms. The zero-order valence-electron chi connectivity index (χ0n) is 16.8. The summed E-state index contributed by atoms with van der Waals surface area (Å²) in [4.78, 5) is 3.40. The van der Waals surface area contributed by atoms with Crippen LogP contribution in [-0.4, -0.2) is 59.5 Å². The Kier molecular flexibility index (Phi) is 5.03. The van der Waals surface area contributed by atoms with Gasteiger partial charge in [0, 0.05) is 12.8 Å². The molecule has 0 radical (unpaired) electrons. The molecular weight excluding hydrogens is 352 g/mol. The second kappa shape index (κ2) is 7.79. The van der Waals surface area contributed by atoms with Crippen molar-refractivity contribution >= 4 is 0 Å². The predicted octanol–water partition coefficient (Wildman–Crippen LogP) is -0.168. The molecule has 2 saturated heterocycles. The number of benzene rings is 1. The smallest absolute Gasteiger partial charge is 0.214 e. The lowest BCUT2D eigenvalue weighted by molar-refractivity contribution is -1.03. The van der Waals surface area contributed by atoms with Crippen LogP contribution in [0.5, 0.6) is 5.75 Å². The first-order valence-corrected chi connectivity index (χ1v) is 10.9. The van der Waals surface area contributed by atoms with Crippen molar-refractivity contribution in [2.45, 2.75) is 56.7 Å². The molecule has 150 valence electrons. The Morgan fingerprint density at radius 3 is 2.79 bits per heavy atom. The van der Waals surface area contributed by atoms with Gasteiger partial charge in [-0.1, -0.05) is 25.0 Å². The maximum absolute atomic E-state index is 5.77. The highest BCUT2D eigenvalue weighted by atomic mass is 16.5. The van der Waals surface area contributed by atoms with E-state index in [1.165, 1.54) is 63.7 Å². The number of piperazine rings is 1. The van der Waals surface area contributed by atoms with Crippen molar-refractivity contribution in [1.82, 2.24) is 20.2 Å². The summed E-state index contributed by atoms with van der Waals surface area (Å²) in [5.41, 5.74) is 1.22. The molecule has 2 unspecified atom stereocenters. The number of fused-ring (bicyclic) bond motifs is 1. The lowest BCUT2D eigenvalue weighted by Gasteiger charge is -2.36. The molecule has 3 aliphatic rings. The number of rotatable bonds is 5. The van der Waals surface area contributed by atoms with E-state index in [0.717, 1.165) is 24.2 Å². The molecule has 2 aromatic rings. The molecule has 1 saturated carbocycles. The van der Waals surface area contributed by atoms with Crippen LogP contribution in [-0.2, 0) is 0 Å². The van der Waals surface area contributed by atoms with Gasteiger partial charge < -0.3 is 14.5 Å². The van der Waals surface area contributed by atoms with Gasteiger partial charge in [0.1, 0.15) is 31.4 Å². The van der Waals surface area contributed by atoms with Gasteiger partial charge in [-0.2, -0.15) is 0 Å². The Balaban J connectivity index is 1.55. The van der Waals surface area contributed by atoms with Crippen molar-refractivity contribution in [3.63, 3.8) is 0 Å². The third-order valence-electron chi connectivity index (χ3n) is 7.21. The van der Waals surface area contributed by atoms with Gasteiger partial charge in [-0.25, -0.2) is 4.68 Å². The number of tetrazole rings is 1. The van der Waals surface area contributed by atoms with Gasteiger partial charge >= 0.3 is 0 Å². The standard InChI is InChI=1S/C21H30N6O/c1-28-19-11-5-4-10-18(19)20(26-14-13-25-12-6-9-17(25)15-26)21-22-23-24-27(21)16-7-2-3-8-16/h4-5,10-11,16-17,20H,2-3,6-9,12-15H2,1H3/p+2/t17-,20-/m1/s1. The molecule has 1 aromatic heterocycles. The maximum atomic E-state index is 5.77. The minimum atomic E-state index is 0.133. The molecule has 7 nitrogen and oxygen atoms in total. The van der Waals surface area contributed by atoms with E-state index in [9.17, 15) is 0 Å². The first-order valence-electron chi connectivity index (χ1n) is 10.9. The van der Waals surface area contributed by atoms with Crippen molar-refractivity contribution in [2.24, 2.45) is 0 Å². The van der Waals surface area contributed by atoms with Gasteiger partial charge in [-0.3, -0.25) is 0 Å². The van der Waals surface area contributed by atoms with E-state index in [-0.39, 0.29) is 6.04 Å². The van der Waals surface area contributed by atoms with Crippen LogP contribution in [0.4, 0.5) is 0 Å². The number of hydrogen-bond acceptors (Lipinski definition) is 4. The molecule has 0 bridgehead atoms. The molecule has 4 atom stereocenters. The molecule has 0 amide bonds. The molecule has 2 aliphatic heterocycles. The van der Waals surface area contributed by atoms with E-state index in [2.05, 4.69) is 38.4 Å². The second-order valence-corrected chi connectivity index (χ2v) is 8.70. The van der Waals surface area contributed by atoms with Gasteiger partial charge in [0.25, 0.3) is 0 Å². The maximum Gasteiger partial charge on any atom is 0.214 e. The predicted molar refractivity (Wildman–Crippen MR) is 105 cm³/mol. The number of nitrogens with one attached hydrogen (secondary N) is 2. The van der Waals surface area contributed by atoms with Gasteiger partial charge in [0.2, 0.25) is 5.82 Å². The SMILES string of the molecule is COc1ccccc1[C@H](c1nnnn1C1CCCC1)[NH+]1CC[NH+]2CCC[C@@H]2C1. The minimum absolute atomic E-state index is 0.133. The fourth-order valence-electron chi connectivity index (χ4n) is 5.81. The molecule has 2 N–H and O–H groups in total. The van der Waals surface area contributed by atoms with Crippen LogP contribution in [0.25, 0.3) is 0 Å². The summed E-state index contributed by atoms with van der Waals surface area (Å²) in [6.45, 7) is 4.94. The number of para-hydroxylation sites is 1. The van der Waals surface area contributed by atoms with Gasteiger partial charge in [-0.15, -0.1) is 5.10 Å². The fourth-order valence-corrected chi connectivity index (χ4v) is 5.81. The van der Waals surface area contributed by atoms with Crippen LogP contribution in [0.3, 0.4) is 0 Å². The number of quaternary nitrogens is 2. The number of methoxy groups -OCH3 is 1. The Labute approximate surface area is 166 Å². The van der Waals surface area contributed by atoms with Crippen molar-refractivity contribution in [3.8, 4) is 5.75 Å². The van der Waals surface area contributed by atoms with E-state index in [1.54, 1.807) is 16.9 Å². The average molecular weight is 385 g/mol. The van der Waals surface area contributed by atoms with Gasteiger partial charge in [0.15, 0.2) is 6.04 Å². The largest absolute Gasteiger partial charge is 0.496 e. The van der Waals surface area contributed by atoms with Crippen LogP contribution >= 0.6 is 0 Å². The Morgan fingerprint density at radius 2 is 1.93 bits per heavy atom. The summed E-state index contributed by atoms with van der Waals surface area (Å²) in [6.07, 6.45) is 7.65. The summed E-state index contributed by atoms with van der Waals surface area (Å²) in [5, 5.41) is 13.2. The van der Waals surface area contributed by atoms with Crippen LogP contribution in [0, 0.1) is 0 Å². The monoisotopic (exact) mass is 384 g/mol. The zero-order chi connectivity index (χ0) is 18.9. The Bertz CT molecular complexity index is 802. The van der Waals surface area contributed by atoms with Crippen molar-refractivity contribution in [2.75, 3.05) is 33.3 Å². The molecule has 1 aliphatic carbocycles. The normalized spacial score (nSPS) is 29.0. The highest BCUT2D eigenvalue weighted by molar-refractivity contribution is 5.37. The van der Waals surface area contributed by atoms with Crippen LogP contribution in [0.1, 0.15) is 62.0 Å². The minimum Gasteiger partial charge on any atom is -0.496 e. The molecular formula is C21H32N6O+2. The third-order valence-corrected chi connectivity index (χ3v) is 7.21. The third kappa shape index (κ3) is 3.20. The van der Waals surface area contributed by atoms with Gasteiger partial charge in [0.05, 0.1) is 25.3 Å². The van der Waals surface area contributed by atoms with Crippen molar-refractivity contribution in [1.29, 1.82) is 0 Å². The van der Waals surface area contributed by atoms with Crippen molar-refractivity contribution in [3.05, 3.63) is 35.7 Å². The highest BCUT2D eigenvalue weighted by Gasteiger charge is 2.43. The number of ether oxygens (including phenoxy) is 1. The first-order chi connectivity index (χ1) is 13.8. The summed E-state index contributed by atoms with van der Waals surface area (Å²) < 4.78 is 7.91. The highest BCUT2D eigenvalue weighted by Crippen LogP contribution is 2.33.